The summed E-state index contributed by atoms with van der Waals surface area (Å²) in [5.74, 6) is -1.67. The van der Waals surface area contributed by atoms with E-state index in [0.29, 0.717) is 5.69 Å². The first kappa shape index (κ1) is 15.8. The Hall–Kier alpha value is -3.74. The lowest BCUT2D eigenvalue weighted by atomic mass is 9.87. The number of nitrogens with two attached hydrogens (primary N) is 1. The molecule has 2 aromatic heterocycles. The molecule has 0 unspecified atom stereocenters. The number of pyridine rings is 1. The average molecular weight is 347 g/mol. The number of ether oxygens (including phenoxy) is 1. The largest absolute Gasteiger partial charge is 0.465 e. The van der Waals surface area contributed by atoms with Crippen molar-refractivity contribution in [2.45, 2.75) is 0 Å². The van der Waals surface area contributed by atoms with Gasteiger partial charge >= 0.3 is 5.97 Å². The summed E-state index contributed by atoms with van der Waals surface area (Å²) in [6.07, 6.45) is 2.76. The fourth-order valence-corrected chi connectivity index (χ4v) is 3.22. The predicted molar refractivity (Wildman–Crippen MR) is 92.6 cm³/mol. The third-order valence-corrected chi connectivity index (χ3v) is 4.36. The van der Waals surface area contributed by atoms with Gasteiger partial charge in [-0.05, 0) is 18.2 Å². The van der Waals surface area contributed by atoms with Gasteiger partial charge in [0.15, 0.2) is 5.78 Å². The fourth-order valence-electron chi connectivity index (χ4n) is 3.22. The SMILES string of the molecule is COC(=O)c1c2c(n(-c3ccccc3)c1N)C(=O)c1cnccc1C2=O. The Labute approximate surface area is 148 Å². The summed E-state index contributed by atoms with van der Waals surface area (Å²) in [6.45, 7) is 0. The van der Waals surface area contributed by atoms with Crippen molar-refractivity contribution in [1.82, 2.24) is 9.55 Å². The number of methoxy groups -OCH3 is 1. The van der Waals surface area contributed by atoms with E-state index in [2.05, 4.69) is 4.98 Å². The number of benzene rings is 1. The van der Waals surface area contributed by atoms with Crippen LogP contribution in [0.1, 0.15) is 42.3 Å². The zero-order valence-electron chi connectivity index (χ0n) is 13.7. The van der Waals surface area contributed by atoms with Gasteiger partial charge in [0.25, 0.3) is 0 Å². The van der Waals surface area contributed by atoms with Crippen LogP contribution in [0.2, 0.25) is 0 Å². The number of fused-ring (bicyclic) bond motifs is 2. The highest BCUT2D eigenvalue weighted by Crippen LogP contribution is 2.36. The number of nitrogen functional groups attached to an aromatic ring is 1. The first-order chi connectivity index (χ1) is 12.6. The number of esters is 1. The number of aromatic nitrogens is 2. The molecule has 2 heterocycles. The van der Waals surface area contributed by atoms with E-state index in [-0.39, 0.29) is 33.8 Å². The Bertz CT molecular complexity index is 1080. The number of para-hydroxylation sites is 1. The molecule has 128 valence electrons. The second kappa shape index (κ2) is 5.66. The molecule has 7 heteroatoms. The molecule has 3 aromatic rings. The van der Waals surface area contributed by atoms with Crippen LogP contribution in [0.4, 0.5) is 5.82 Å². The molecule has 0 aliphatic heterocycles. The zero-order chi connectivity index (χ0) is 18.4. The molecule has 0 radical (unpaired) electrons. The van der Waals surface area contributed by atoms with Gasteiger partial charge in [-0.25, -0.2) is 4.79 Å². The maximum absolute atomic E-state index is 13.1. The van der Waals surface area contributed by atoms with Gasteiger partial charge in [0.05, 0.1) is 18.2 Å². The van der Waals surface area contributed by atoms with Crippen LogP contribution in [0.3, 0.4) is 0 Å². The Morgan fingerprint density at radius 3 is 2.50 bits per heavy atom. The van der Waals surface area contributed by atoms with E-state index >= 15 is 0 Å². The van der Waals surface area contributed by atoms with Crippen molar-refractivity contribution in [3.63, 3.8) is 0 Å². The van der Waals surface area contributed by atoms with E-state index < -0.39 is 17.5 Å². The van der Waals surface area contributed by atoms with Gasteiger partial charge in [0, 0.05) is 23.6 Å². The summed E-state index contributed by atoms with van der Waals surface area (Å²) in [5.41, 5.74) is 7.02. The highest BCUT2D eigenvalue weighted by Gasteiger charge is 2.40. The third kappa shape index (κ3) is 2.00. The monoisotopic (exact) mass is 347 g/mol. The minimum Gasteiger partial charge on any atom is -0.465 e. The molecular weight excluding hydrogens is 334 g/mol. The van der Waals surface area contributed by atoms with Gasteiger partial charge in [-0.3, -0.25) is 19.1 Å². The lowest BCUT2D eigenvalue weighted by Crippen LogP contribution is -2.24. The lowest BCUT2D eigenvalue weighted by Gasteiger charge is -2.17. The number of anilines is 1. The first-order valence-corrected chi connectivity index (χ1v) is 7.77. The second-order valence-electron chi connectivity index (χ2n) is 5.73. The fraction of sp³-hybridized carbons (Fsp3) is 0.0526. The number of rotatable bonds is 2. The highest BCUT2D eigenvalue weighted by atomic mass is 16.5. The average Bonchev–Trinajstić information content (AvgIpc) is 2.99. The molecule has 0 atom stereocenters. The maximum Gasteiger partial charge on any atom is 0.342 e. The number of ketones is 2. The van der Waals surface area contributed by atoms with Gasteiger partial charge in [0.2, 0.25) is 5.78 Å². The van der Waals surface area contributed by atoms with Crippen molar-refractivity contribution in [2.24, 2.45) is 0 Å². The Balaban J connectivity index is 2.12. The number of hydrogen-bond donors (Lipinski definition) is 1. The van der Waals surface area contributed by atoms with E-state index in [1.165, 1.54) is 30.1 Å². The summed E-state index contributed by atoms with van der Waals surface area (Å²) in [6, 6.07) is 10.3. The Morgan fingerprint density at radius 1 is 1.08 bits per heavy atom. The Morgan fingerprint density at radius 2 is 1.81 bits per heavy atom. The van der Waals surface area contributed by atoms with E-state index in [9.17, 15) is 14.4 Å². The first-order valence-electron chi connectivity index (χ1n) is 7.77. The lowest BCUT2D eigenvalue weighted by molar-refractivity contribution is 0.0599. The van der Waals surface area contributed by atoms with Crippen LogP contribution < -0.4 is 5.73 Å². The molecule has 2 N–H and O–H groups in total. The number of carbonyl (C=O) groups excluding carboxylic acids is 3. The van der Waals surface area contributed by atoms with Crippen molar-refractivity contribution in [2.75, 3.05) is 12.8 Å². The molecule has 0 bridgehead atoms. The summed E-state index contributed by atoms with van der Waals surface area (Å²) >= 11 is 0. The van der Waals surface area contributed by atoms with E-state index in [1.807, 2.05) is 6.07 Å². The molecule has 0 fully saturated rings. The number of hydrogen-bond acceptors (Lipinski definition) is 6. The molecule has 7 nitrogen and oxygen atoms in total. The molecule has 4 rings (SSSR count). The van der Waals surface area contributed by atoms with Crippen molar-refractivity contribution >= 4 is 23.4 Å². The van der Waals surface area contributed by atoms with Crippen LogP contribution in [-0.2, 0) is 4.74 Å². The molecule has 26 heavy (non-hydrogen) atoms. The molecule has 1 aromatic carbocycles. The standard InChI is InChI=1S/C19H13N3O4/c1-26-19(25)14-13-15(22(18(14)20)10-5-3-2-4-6-10)17(24)12-9-21-8-7-11(12)16(13)23/h2-9H,20H2,1H3. The molecule has 0 spiro atoms. The van der Waals surface area contributed by atoms with Gasteiger partial charge in [0.1, 0.15) is 17.1 Å². The van der Waals surface area contributed by atoms with E-state index in [1.54, 1.807) is 24.3 Å². The van der Waals surface area contributed by atoms with E-state index in [0.717, 1.165) is 0 Å². The van der Waals surface area contributed by atoms with Crippen LogP contribution in [0.15, 0.2) is 48.8 Å². The van der Waals surface area contributed by atoms with Crippen LogP contribution >= 0.6 is 0 Å². The number of carbonyl (C=O) groups is 3. The van der Waals surface area contributed by atoms with Crippen molar-refractivity contribution in [3.8, 4) is 5.69 Å². The summed E-state index contributed by atoms with van der Waals surface area (Å²) in [7, 11) is 1.20. The van der Waals surface area contributed by atoms with Crippen molar-refractivity contribution < 1.29 is 19.1 Å². The normalized spacial score (nSPS) is 12.5. The van der Waals surface area contributed by atoms with E-state index in [4.69, 9.17) is 10.5 Å². The highest BCUT2D eigenvalue weighted by molar-refractivity contribution is 6.31. The maximum atomic E-state index is 13.1. The minimum absolute atomic E-state index is 0.0180. The second-order valence-corrected chi connectivity index (χ2v) is 5.73. The van der Waals surface area contributed by atoms with Crippen LogP contribution in [-0.4, -0.2) is 34.2 Å². The zero-order valence-corrected chi connectivity index (χ0v) is 13.7. The smallest absolute Gasteiger partial charge is 0.342 e. The molecular formula is C19H13N3O4. The van der Waals surface area contributed by atoms with Crippen molar-refractivity contribution in [3.05, 3.63) is 76.7 Å². The van der Waals surface area contributed by atoms with Gasteiger partial charge in [-0.15, -0.1) is 0 Å². The van der Waals surface area contributed by atoms with Gasteiger partial charge in [-0.2, -0.15) is 0 Å². The summed E-state index contributed by atoms with van der Waals surface area (Å²) in [5, 5.41) is 0. The predicted octanol–water partition coefficient (Wildman–Crippen LogP) is 2.02. The number of nitrogens with zero attached hydrogens (tertiary/aromatic N) is 2. The topological polar surface area (TPSA) is 104 Å². The van der Waals surface area contributed by atoms with Crippen LogP contribution in [0.5, 0.6) is 0 Å². The van der Waals surface area contributed by atoms with Crippen LogP contribution in [0.25, 0.3) is 5.69 Å². The summed E-state index contributed by atoms with van der Waals surface area (Å²) < 4.78 is 6.21. The van der Waals surface area contributed by atoms with Crippen molar-refractivity contribution in [1.29, 1.82) is 0 Å². The molecule has 0 saturated carbocycles. The molecule has 0 saturated heterocycles. The van der Waals surface area contributed by atoms with Crippen LogP contribution in [0, 0.1) is 0 Å². The molecule has 1 aliphatic rings. The minimum atomic E-state index is -0.771. The quantitative estimate of drug-likeness (QED) is 0.556. The van der Waals surface area contributed by atoms with Gasteiger partial charge < -0.3 is 10.5 Å². The third-order valence-electron chi connectivity index (χ3n) is 4.36. The van der Waals surface area contributed by atoms with Gasteiger partial charge in [-0.1, -0.05) is 18.2 Å². The Kier molecular flexibility index (Phi) is 3.43. The molecule has 0 amide bonds. The summed E-state index contributed by atoms with van der Waals surface area (Å²) in [4.78, 5) is 42.4. The molecule has 1 aliphatic carbocycles.